The van der Waals surface area contributed by atoms with Crippen LogP contribution in [0.2, 0.25) is 0 Å². The first kappa shape index (κ1) is 18.9. The molecule has 5 heteroatoms. The summed E-state index contributed by atoms with van der Waals surface area (Å²) in [5.74, 6) is 1.34. The Hall–Kier alpha value is -2.40. The Labute approximate surface area is 167 Å². The number of nitrogens with one attached hydrogen (secondary N) is 1. The van der Waals surface area contributed by atoms with E-state index in [1.165, 1.54) is 30.4 Å². The van der Waals surface area contributed by atoms with Crippen LogP contribution in [0.4, 0.5) is 11.5 Å². The van der Waals surface area contributed by atoms with Crippen LogP contribution in [-0.4, -0.2) is 30.5 Å². The number of aromatic nitrogens is 1. The van der Waals surface area contributed by atoms with Gasteiger partial charge in [-0.1, -0.05) is 12.1 Å². The highest BCUT2D eigenvalue weighted by Gasteiger charge is 2.21. The lowest BCUT2D eigenvalue weighted by Gasteiger charge is -2.28. The van der Waals surface area contributed by atoms with E-state index in [2.05, 4.69) is 58.5 Å². The summed E-state index contributed by atoms with van der Waals surface area (Å²) in [6.45, 7) is 6.07. The highest BCUT2D eigenvalue weighted by molar-refractivity contribution is 5.95. The Morgan fingerprint density at radius 2 is 1.82 bits per heavy atom. The lowest BCUT2D eigenvalue weighted by atomic mass is 10.1. The molecule has 1 atom stereocenters. The molecule has 2 fully saturated rings. The summed E-state index contributed by atoms with van der Waals surface area (Å²) in [5.41, 5.74) is 3.51. The van der Waals surface area contributed by atoms with Crippen molar-refractivity contribution in [1.29, 1.82) is 0 Å². The quantitative estimate of drug-likeness (QED) is 0.824. The number of anilines is 2. The minimum Gasteiger partial charge on any atom is -0.357 e. The Morgan fingerprint density at radius 3 is 2.54 bits per heavy atom. The molecule has 0 spiro atoms. The van der Waals surface area contributed by atoms with Crippen LogP contribution in [-0.2, 0) is 11.3 Å². The molecule has 0 aliphatic carbocycles. The molecule has 1 N–H and O–H groups in total. The number of benzene rings is 1. The molecule has 1 unspecified atom stereocenters. The van der Waals surface area contributed by atoms with Crippen LogP contribution >= 0.6 is 0 Å². The fourth-order valence-electron chi connectivity index (χ4n) is 4.12. The Bertz CT molecular complexity index is 799. The molecule has 2 aliphatic rings. The first-order valence-corrected chi connectivity index (χ1v) is 10.5. The maximum Gasteiger partial charge on any atom is 0.227 e. The average molecular weight is 379 g/mol. The van der Waals surface area contributed by atoms with Gasteiger partial charge in [0.15, 0.2) is 0 Å². The molecule has 3 heterocycles. The second-order valence-corrected chi connectivity index (χ2v) is 7.91. The molecule has 0 saturated carbocycles. The maximum atomic E-state index is 11.9. The fraction of sp³-hybridized carbons (Fsp3) is 0.478. The molecule has 1 aromatic heterocycles. The van der Waals surface area contributed by atoms with E-state index >= 15 is 0 Å². The number of rotatable bonds is 6. The van der Waals surface area contributed by atoms with Crippen molar-refractivity contribution in [2.45, 2.75) is 51.6 Å². The molecule has 4 rings (SSSR count). The SMILES string of the molecule is CC(NCc1ccnc(N2CCCCC2)c1)c1ccc(N2CCCC2=O)cc1. The molecule has 0 bridgehead atoms. The van der Waals surface area contributed by atoms with E-state index in [0.29, 0.717) is 6.42 Å². The average Bonchev–Trinajstić information content (AvgIpc) is 3.19. The van der Waals surface area contributed by atoms with Crippen molar-refractivity contribution in [2.75, 3.05) is 29.4 Å². The zero-order valence-corrected chi connectivity index (χ0v) is 16.7. The lowest BCUT2D eigenvalue weighted by molar-refractivity contribution is -0.117. The normalized spacial score (nSPS) is 18.5. The molecule has 1 amide bonds. The third-order valence-corrected chi connectivity index (χ3v) is 5.88. The number of carbonyl (C=O) groups is 1. The monoisotopic (exact) mass is 378 g/mol. The van der Waals surface area contributed by atoms with E-state index in [9.17, 15) is 4.79 Å². The van der Waals surface area contributed by atoms with Crippen LogP contribution in [0, 0.1) is 0 Å². The summed E-state index contributed by atoms with van der Waals surface area (Å²) in [5, 5.41) is 3.62. The molecule has 2 aliphatic heterocycles. The van der Waals surface area contributed by atoms with E-state index < -0.39 is 0 Å². The van der Waals surface area contributed by atoms with Gasteiger partial charge >= 0.3 is 0 Å². The van der Waals surface area contributed by atoms with Crippen LogP contribution in [0.1, 0.15) is 56.2 Å². The van der Waals surface area contributed by atoms with Gasteiger partial charge in [0.2, 0.25) is 5.91 Å². The van der Waals surface area contributed by atoms with Crippen LogP contribution in [0.25, 0.3) is 0 Å². The number of hydrogen-bond donors (Lipinski definition) is 1. The van der Waals surface area contributed by atoms with Gasteiger partial charge in [0.05, 0.1) is 0 Å². The van der Waals surface area contributed by atoms with Gasteiger partial charge in [0.25, 0.3) is 0 Å². The number of carbonyl (C=O) groups excluding carboxylic acids is 1. The van der Waals surface area contributed by atoms with Gasteiger partial charge in [-0.3, -0.25) is 4.79 Å². The van der Waals surface area contributed by atoms with E-state index in [1.807, 2.05) is 11.1 Å². The molecule has 5 nitrogen and oxygen atoms in total. The van der Waals surface area contributed by atoms with Gasteiger partial charge in [0, 0.05) is 50.5 Å². The van der Waals surface area contributed by atoms with E-state index in [-0.39, 0.29) is 11.9 Å². The van der Waals surface area contributed by atoms with Crippen molar-refractivity contribution in [3.8, 4) is 0 Å². The first-order chi connectivity index (χ1) is 13.7. The van der Waals surface area contributed by atoms with E-state index in [0.717, 1.165) is 44.1 Å². The second kappa shape index (κ2) is 8.74. The largest absolute Gasteiger partial charge is 0.357 e. The van der Waals surface area contributed by atoms with Crippen molar-refractivity contribution in [3.05, 3.63) is 53.7 Å². The molecule has 1 aromatic carbocycles. The summed E-state index contributed by atoms with van der Waals surface area (Å²) in [6.07, 6.45) is 7.42. The topological polar surface area (TPSA) is 48.5 Å². The molecular formula is C23H30N4O. The van der Waals surface area contributed by atoms with Crippen molar-refractivity contribution in [2.24, 2.45) is 0 Å². The Kier molecular flexibility index (Phi) is 5.91. The minimum absolute atomic E-state index is 0.237. The smallest absolute Gasteiger partial charge is 0.227 e. The second-order valence-electron chi connectivity index (χ2n) is 7.91. The van der Waals surface area contributed by atoms with Crippen molar-refractivity contribution in [1.82, 2.24) is 10.3 Å². The highest BCUT2D eigenvalue weighted by atomic mass is 16.2. The lowest BCUT2D eigenvalue weighted by Crippen LogP contribution is -2.30. The summed E-state index contributed by atoms with van der Waals surface area (Å²) in [6, 6.07) is 12.9. The Morgan fingerprint density at radius 1 is 1.04 bits per heavy atom. The molecule has 0 radical (unpaired) electrons. The van der Waals surface area contributed by atoms with E-state index in [1.54, 1.807) is 0 Å². The highest BCUT2D eigenvalue weighted by Crippen LogP contribution is 2.24. The van der Waals surface area contributed by atoms with Gasteiger partial charge in [-0.25, -0.2) is 4.98 Å². The zero-order valence-electron chi connectivity index (χ0n) is 16.7. The summed E-state index contributed by atoms with van der Waals surface area (Å²) in [7, 11) is 0. The number of pyridine rings is 1. The number of hydrogen-bond acceptors (Lipinski definition) is 4. The van der Waals surface area contributed by atoms with Crippen LogP contribution in [0.3, 0.4) is 0 Å². The van der Waals surface area contributed by atoms with Crippen molar-refractivity contribution < 1.29 is 4.79 Å². The predicted octanol–water partition coefficient (Wildman–Crippen LogP) is 4.05. The molecule has 2 saturated heterocycles. The van der Waals surface area contributed by atoms with E-state index in [4.69, 9.17) is 0 Å². The standard InChI is InChI=1S/C23H30N4O/c1-18(20-7-9-21(10-8-20)27-15-5-6-23(27)28)25-17-19-11-12-24-22(16-19)26-13-3-2-4-14-26/h7-12,16,18,25H,2-6,13-15,17H2,1H3. The maximum absolute atomic E-state index is 11.9. The van der Waals surface area contributed by atoms with Crippen molar-refractivity contribution >= 4 is 17.4 Å². The van der Waals surface area contributed by atoms with Crippen LogP contribution in [0.15, 0.2) is 42.6 Å². The minimum atomic E-state index is 0.237. The van der Waals surface area contributed by atoms with Crippen LogP contribution < -0.4 is 15.1 Å². The summed E-state index contributed by atoms with van der Waals surface area (Å²) >= 11 is 0. The predicted molar refractivity (Wildman–Crippen MR) is 114 cm³/mol. The third-order valence-electron chi connectivity index (χ3n) is 5.88. The summed E-state index contributed by atoms with van der Waals surface area (Å²) < 4.78 is 0. The molecule has 2 aromatic rings. The van der Waals surface area contributed by atoms with Crippen LogP contribution in [0.5, 0.6) is 0 Å². The zero-order chi connectivity index (χ0) is 19.3. The number of piperidine rings is 1. The van der Waals surface area contributed by atoms with Gasteiger partial charge in [0.1, 0.15) is 5.82 Å². The van der Waals surface area contributed by atoms with Gasteiger partial charge in [-0.2, -0.15) is 0 Å². The molecular weight excluding hydrogens is 348 g/mol. The van der Waals surface area contributed by atoms with Crippen molar-refractivity contribution in [3.63, 3.8) is 0 Å². The van der Waals surface area contributed by atoms with Gasteiger partial charge in [-0.05, 0) is 68.0 Å². The fourth-order valence-corrected chi connectivity index (χ4v) is 4.12. The Balaban J connectivity index is 1.35. The summed E-state index contributed by atoms with van der Waals surface area (Å²) in [4.78, 5) is 20.8. The first-order valence-electron chi connectivity index (χ1n) is 10.5. The molecule has 28 heavy (non-hydrogen) atoms. The van der Waals surface area contributed by atoms with Gasteiger partial charge < -0.3 is 15.1 Å². The molecule has 148 valence electrons. The number of nitrogens with zero attached hydrogens (tertiary/aromatic N) is 3. The number of amides is 1. The van der Waals surface area contributed by atoms with Gasteiger partial charge in [-0.15, -0.1) is 0 Å². The third kappa shape index (κ3) is 4.36.